The van der Waals surface area contributed by atoms with Gasteiger partial charge in [-0.05, 0) is 49.2 Å². The minimum Gasteiger partial charge on any atom is -0.349 e. The van der Waals surface area contributed by atoms with Crippen molar-refractivity contribution in [1.82, 2.24) is 39.7 Å². The van der Waals surface area contributed by atoms with E-state index in [-0.39, 0.29) is 29.8 Å². The molecule has 0 aliphatic carbocycles. The Morgan fingerprint density at radius 3 is 2.27 bits per heavy atom. The van der Waals surface area contributed by atoms with E-state index in [0.717, 1.165) is 37.9 Å². The minimum atomic E-state index is -0.287. The first kappa shape index (κ1) is 24.7. The number of H-pyrrole nitrogens is 1. The van der Waals surface area contributed by atoms with E-state index in [2.05, 4.69) is 44.0 Å². The highest BCUT2D eigenvalue weighted by Crippen LogP contribution is 2.38. The summed E-state index contributed by atoms with van der Waals surface area (Å²) in [5.74, 6) is 0.706. The molecule has 1 fully saturated rings. The van der Waals surface area contributed by atoms with E-state index in [1.165, 1.54) is 24.3 Å². The first-order valence-electron chi connectivity index (χ1n) is 13.0. The molecule has 202 valence electrons. The standard InChI is InChI=1S/C28H25F2N9S/c1-16-14-38(25-23-27(39-15-33-36-28(39)35-25)40-26(34-23)20-11-31-32-12-20)17(2)13-37(16)24(18-3-7-21(29)8-4-18)19-5-9-22(30)10-6-19/h3-12,15-17,24H,13-14H2,1-2H3,(H,31,32)/t16-,17+/m1/s1. The molecule has 1 N–H and O–H groups in total. The number of aromatic nitrogens is 7. The van der Waals surface area contributed by atoms with Crippen molar-refractivity contribution < 1.29 is 8.78 Å². The number of thiazole rings is 1. The molecule has 1 aliphatic rings. The maximum atomic E-state index is 13.8. The van der Waals surface area contributed by atoms with E-state index >= 15 is 0 Å². The average molecular weight is 558 g/mol. The average Bonchev–Trinajstić information content (AvgIpc) is 3.72. The van der Waals surface area contributed by atoms with Crippen LogP contribution in [0, 0.1) is 11.6 Å². The van der Waals surface area contributed by atoms with Crippen molar-refractivity contribution in [1.29, 1.82) is 0 Å². The Balaban J connectivity index is 1.28. The Morgan fingerprint density at radius 1 is 0.925 bits per heavy atom. The van der Waals surface area contributed by atoms with Crippen LogP contribution in [0.3, 0.4) is 0 Å². The van der Waals surface area contributed by atoms with Crippen LogP contribution in [0.25, 0.3) is 26.7 Å². The van der Waals surface area contributed by atoms with E-state index in [4.69, 9.17) is 9.97 Å². The first-order chi connectivity index (χ1) is 19.5. The normalized spacial score (nSPS) is 18.4. The summed E-state index contributed by atoms with van der Waals surface area (Å²) in [6.07, 6.45) is 5.23. The molecule has 0 saturated carbocycles. The van der Waals surface area contributed by atoms with E-state index in [0.29, 0.717) is 18.9 Å². The van der Waals surface area contributed by atoms with E-state index in [9.17, 15) is 8.78 Å². The maximum Gasteiger partial charge on any atom is 0.258 e. The fraction of sp³-hybridized carbons (Fsp3) is 0.250. The first-order valence-corrected chi connectivity index (χ1v) is 13.8. The highest BCUT2D eigenvalue weighted by molar-refractivity contribution is 7.21. The van der Waals surface area contributed by atoms with Gasteiger partial charge in [-0.3, -0.25) is 14.4 Å². The highest BCUT2D eigenvalue weighted by atomic mass is 32.1. The van der Waals surface area contributed by atoms with Gasteiger partial charge in [0.2, 0.25) is 0 Å². The van der Waals surface area contributed by atoms with Gasteiger partial charge < -0.3 is 4.90 Å². The third kappa shape index (κ3) is 4.20. The summed E-state index contributed by atoms with van der Waals surface area (Å²) in [5, 5.41) is 16.1. The second-order valence-corrected chi connectivity index (χ2v) is 11.1. The molecule has 2 atom stereocenters. The van der Waals surface area contributed by atoms with Gasteiger partial charge in [-0.15, -0.1) is 10.2 Å². The van der Waals surface area contributed by atoms with Gasteiger partial charge in [0.05, 0.1) is 12.2 Å². The molecule has 4 aromatic heterocycles. The molecule has 1 saturated heterocycles. The molecule has 0 unspecified atom stereocenters. The maximum absolute atomic E-state index is 13.8. The highest BCUT2D eigenvalue weighted by Gasteiger charge is 2.37. The lowest BCUT2D eigenvalue weighted by Crippen LogP contribution is -2.57. The smallest absolute Gasteiger partial charge is 0.258 e. The largest absolute Gasteiger partial charge is 0.349 e. The van der Waals surface area contributed by atoms with Gasteiger partial charge in [0.1, 0.15) is 33.3 Å². The zero-order valence-electron chi connectivity index (χ0n) is 21.7. The molecule has 0 amide bonds. The van der Waals surface area contributed by atoms with Crippen molar-refractivity contribution in [2.45, 2.75) is 32.0 Å². The third-order valence-electron chi connectivity index (χ3n) is 7.53. The predicted octanol–water partition coefficient (Wildman–Crippen LogP) is 5.09. The molecule has 7 rings (SSSR count). The van der Waals surface area contributed by atoms with Gasteiger partial charge in [-0.25, -0.2) is 13.8 Å². The quantitative estimate of drug-likeness (QED) is 0.316. The SMILES string of the molecule is C[C@@H]1CN(c2nc3nncn3c3sc(-c4cn[nH]c4)nc23)[C@@H](C)CN1C(c1ccc(F)cc1)c1ccc(F)cc1. The van der Waals surface area contributed by atoms with Gasteiger partial charge in [0.15, 0.2) is 5.82 Å². The van der Waals surface area contributed by atoms with Gasteiger partial charge in [-0.1, -0.05) is 35.6 Å². The number of hydrogen-bond donors (Lipinski definition) is 1. The lowest BCUT2D eigenvalue weighted by Gasteiger charge is -2.48. The lowest BCUT2D eigenvalue weighted by atomic mass is 9.93. The molecule has 5 heterocycles. The summed E-state index contributed by atoms with van der Waals surface area (Å²) < 4.78 is 29.5. The van der Waals surface area contributed by atoms with Crippen molar-refractivity contribution in [3.8, 4) is 10.6 Å². The third-order valence-corrected chi connectivity index (χ3v) is 8.63. The van der Waals surface area contributed by atoms with Crippen LogP contribution in [0.1, 0.15) is 31.0 Å². The van der Waals surface area contributed by atoms with Crippen molar-refractivity contribution in [3.05, 3.63) is 90.0 Å². The van der Waals surface area contributed by atoms with Crippen LogP contribution >= 0.6 is 11.3 Å². The number of nitrogens with zero attached hydrogens (tertiary/aromatic N) is 8. The molecule has 1 aliphatic heterocycles. The van der Waals surface area contributed by atoms with Crippen LogP contribution in [-0.2, 0) is 0 Å². The monoisotopic (exact) mass is 557 g/mol. The fourth-order valence-electron chi connectivity index (χ4n) is 5.58. The van der Waals surface area contributed by atoms with Crippen LogP contribution in [0.15, 0.2) is 67.3 Å². The number of halogens is 2. The van der Waals surface area contributed by atoms with Crippen molar-refractivity contribution in [2.24, 2.45) is 0 Å². The van der Waals surface area contributed by atoms with Crippen molar-refractivity contribution in [3.63, 3.8) is 0 Å². The zero-order valence-corrected chi connectivity index (χ0v) is 22.6. The molecule has 0 bridgehead atoms. The molecule has 0 spiro atoms. The van der Waals surface area contributed by atoms with E-state index in [1.807, 2.05) is 34.9 Å². The molecule has 2 aromatic carbocycles. The molecule has 0 radical (unpaired) electrons. The van der Waals surface area contributed by atoms with Crippen LogP contribution < -0.4 is 4.90 Å². The summed E-state index contributed by atoms with van der Waals surface area (Å²) in [7, 11) is 0. The summed E-state index contributed by atoms with van der Waals surface area (Å²) in [6.45, 7) is 5.70. The van der Waals surface area contributed by atoms with E-state index in [1.54, 1.807) is 23.9 Å². The number of fused-ring (bicyclic) bond motifs is 3. The van der Waals surface area contributed by atoms with Gasteiger partial charge in [-0.2, -0.15) is 10.1 Å². The van der Waals surface area contributed by atoms with Crippen LogP contribution in [0.4, 0.5) is 14.6 Å². The molecule has 9 nitrogen and oxygen atoms in total. The molecular formula is C28H25F2N9S. The Bertz CT molecular complexity index is 1740. The summed E-state index contributed by atoms with van der Waals surface area (Å²) in [4.78, 5) is 15.5. The Kier molecular flexibility index (Phi) is 6.01. The second-order valence-electron chi connectivity index (χ2n) is 10.1. The summed E-state index contributed by atoms with van der Waals surface area (Å²) in [6, 6.07) is 13.1. The fourth-order valence-corrected chi connectivity index (χ4v) is 6.59. The zero-order chi connectivity index (χ0) is 27.4. The Labute approximate surface area is 232 Å². The van der Waals surface area contributed by atoms with Crippen LogP contribution in [-0.4, -0.2) is 64.8 Å². The van der Waals surface area contributed by atoms with Crippen molar-refractivity contribution >= 4 is 33.3 Å². The van der Waals surface area contributed by atoms with Gasteiger partial charge in [0, 0.05) is 36.9 Å². The summed E-state index contributed by atoms with van der Waals surface area (Å²) >= 11 is 1.55. The molecule has 40 heavy (non-hydrogen) atoms. The number of hydrogen-bond acceptors (Lipinski definition) is 8. The topological polar surface area (TPSA) is 91.1 Å². The lowest BCUT2D eigenvalue weighted by molar-refractivity contribution is 0.129. The number of rotatable bonds is 5. The van der Waals surface area contributed by atoms with Crippen LogP contribution in [0.5, 0.6) is 0 Å². The molecule has 6 aromatic rings. The number of anilines is 1. The number of piperazine rings is 1. The van der Waals surface area contributed by atoms with Gasteiger partial charge >= 0.3 is 0 Å². The number of nitrogens with one attached hydrogen (secondary N) is 1. The Morgan fingerprint density at radius 2 is 1.62 bits per heavy atom. The van der Waals surface area contributed by atoms with Gasteiger partial charge in [0.25, 0.3) is 5.78 Å². The molecule has 12 heteroatoms. The second kappa shape index (κ2) is 9.72. The Hall–Kier alpha value is -4.29. The predicted molar refractivity (Wildman–Crippen MR) is 149 cm³/mol. The van der Waals surface area contributed by atoms with Crippen molar-refractivity contribution in [2.75, 3.05) is 18.0 Å². The minimum absolute atomic E-state index is 0.0553. The molecular weight excluding hydrogens is 532 g/mol. The summed E-state index contributed by atoms with van der Waals surface area (Å²) in [5.41, 5.74) is 3.60. The van der Waals surface area contributed by atoms with Crippen LogP contribution in [0.2, 0.25) is 0 Å². The number of aromatic amines is 1. The van der Waals surface area contributed by atoms with E-state index < -0.39 is 0 Å². The number of benzene rings is 2.